The normalized spacial score (nSPS) is 24.4. The van der Waals surface area contributed by atoms with Crippen LogP contribution in [0.25, 0.3) is 0 Å². The second-order valence-electron chi connectivity index (χ2n) is 3.89. The Kier molecular flexibility index (Phi) is 4.02. The fraction of sp³-hybridized carbons (Fsp3) is 0.417. The Balaban J connectivity index is 2.09. The lowest BCUT2D eigenvalue weighted by Crippen LogP contribution is -2.45. The quantitative estimate of drug-likeness (QED) is 0.817. The molecule has 17 heavy (non-hydrogen) atoms. The standard InChI is InChI=1S/C12H14FNO2S/c1-16-12(15)11-7-17-6-10(14-11)8-3-2-4-9(13)5-8/h2-5,10-11,14H,6-7H2,1H3. The summed E-state index contributed by atoms with van der Waals surface area (Å²) < 4.78 is 17.8. The van der Waals surface area contributed by atoms with Crippen LogP contribution in [0.1, 0.15) is 11.6 Å². The highest BCUT2D eigenvalue weighted by molar-refractivity contribution is 7.99. The van der Waals surface area contributed by atoms with Crippen molar-refractivity contribution in [1.82, 2.24) is 5.32 Å². The lowest BCUT2D eigenvalue weighted by atomic mass is 10.1. The van der Waals surface area contributed by atoms with Gasteiger partial charge in [-0.25, -0.2) is 4.39 Å². The van der Waals surface area contributed by atoms with Gasteiger partial charge < -0.3 is 4.74 Å². The van der Waals surface area contributed by atoms with E-state index in [1.807, 2.05) is 6.07 Å². The number of carbonyl (C=O) groups excluding carboxylic acids is 1. The molecule has 0 spiro atoms. The van der Waals surface area contributed by atoms with E-state index in [4.69, 9.17) is 4.74 Å². The molecule has 2 unspecified atom stereocenters. The average molecular weight is 255 g/mol. The fourth-order valence-electron chi connectivity index (χ4n) is 1.84. The summed E-state index contributed by atoms with van der Waals surface area (Å²) in [5, 5.41) is 3.19. The van der Waals surface area contributed by atoms with Gasteiger partial charge in [-0.2, -0.15) is 11.8 Å². The number of hydrogen-bond acceptors (Lipinski definition) is 4. The Labute approximate surface area is 104 Å². The number of hydrogen-bond donors (Lipinski definition) is 1. The maximum Gasteiger partial charge on any atom is 0.323 e. The van der Waals surface area contributed by atoms with Crippen LogP contribution in [0.15, 0.2) is 24.3 Å². The SMILES string of the molecule is COC(=O)C1CSCC(c2cccc(F)c2)N1. The molecule has 2 rings (SSSR count). The van der Waals surface area contributed by atoms with Gasteiger partial charge in [-0.3, -0.25) is 10.1 Å². The van der Waals surface area contributed by atoms with Crippen molar-refractivity contribution in [2.24, 2.45) is 0 Å². The molecule has 92 valence electrons. The predicted molar refractivity (Wildman–Crippen MR) is 65.4 cm³/mol. The number of ether oxygens (including phenoxy) is 1. The number of carbonyl (C=O) groups is 1. The van der Waals surface area contributed by atoms with Crippen molar-refractivity contribution in [2.45, 2.75) is 12.1 Å². The molecule has 0 saturated carbocycles. The van der Waals surface area contributed by atoms with Gasteiger partial charge >= 0.3 is 5.97 Å². The lowest BCUT2D eigenvalue weighted by molar-refractivity contribution is -0.142. The third kappa shape index (κ3) is 2.98. The van der Waals surface area contributed by atoms with E-state index >= 15 is 0 Å². The summed E-state index contributed by atoms with van der Waals surface area (Å²) >= 11 is 1.67. The van der Waals surface area contributed by atoms with E-state index in [2.05, 4.69) is 5.32 Å². The molecule has 0 amide bonds. The summed E-state index contributed by atoms with van der Waals surface area (Å²) in [6.07, 6.45) is 0. The number of nitrogens with one attached hydrogen (secondary N) is 1. The van der Waals surface area contributed by atoms with Gasteiger partial charge in [0.2, 0.25) is 0 Å². The molecule has 3 nitrogen and oxygen atoms in total. The molecule has 1 heterocycles. The minimum Gasteiger partial charge on any atom is -0.468 e. The molecule has 1 N–H and O–H groups in total. The smallest absolute Gasteiger partial charge is 0.323 e. The average Bonchev–Trinajstić information content (AvgIpc) is 2.38. The highest BCUT2D eigenvalue weighted by Crippen LogP contribution is 2.25. The van der Waals surface area contributed by atoms with Crippen molar-refractivity contribution in [1.29, 1.82) is 0 Å². The van der Waals surface area contributed by atoms with E-state index in [-0.39, 0.29) is 23.9 Å². The lowest BCUT2D eigenvalue weighted by Gasteiger charge is -2.29. The minimum absolute atomic E-state index is 0.00597. The molecular weight excluding hydrogens is 241 g/mol. The fourth-order valence-corrected chi connectivity index (χ4v) is 2.97. The molecule has 1 fully saturated rings. The van der Waals surface area contributed by atoms with Crippen molar-refractivity contribution in [2.75, 3.05) is 18.6 Å². The van der Waals surface area contributed by atoms with Gasteiger partial charge in [-0.15, -0.1) is 0 Å². The van der Waals surface area contributed by atoms with Crippen LogP contribution in [0.5, 0.6) is 0 Å². The zero-order chi connectivity index (χ0) is 12.3. The summed E-state index contributed by atoms with van der Waals surface area (Å²) in [4.78, 5) is 11.4. The second-order valence-corrected chi connectivity index (χ2v) is 4.96. The van der Waals surface area contributed by atoms with Crippen LogP contribution in [-0.2, 0) is 9.53 Å². The number of halogens is 1. The highest BCUT2D eigenvalue weighted by atomic mass is 32.2. The van der Waals surface area contributed by atoms with Crippen molar-refractivity contribution in [3.63, 3.8) is 0 Å². The van der Waals surface area contributed by atoms with Crippen LogP contribution in [0, 0.1) is 5.82 Å². The van der Waals surface area contributed by atoms with Crippen LogP contribution >= 0.6 is 11.8 Å². The molecule has 5 heteroatoms. The molecule has 2 atom stereocenters. The molecule has 0 bridgehead atoms. The van der Waals surface area contributed by atoms with E-state index in [0.29, 0.717) is 5.75 Å². The first-order valence-corrected chi connectivity index (χ1v) is 6.53. The number of benzene rings is 1. The van der Waals surface area contributed by atoms with Crippen LogP contribution in [0.3, 0.4) is 0 Å². The molecule has 0 aromatic heterocycles. The first-order chi connectivity index (χ1) is 8.20. The molecule has 1 aromatic rings. The molecule has 1 aromatic carbocycles. The van der Waals surface area contributed by atoms with E-state index < -0.39 is 0 Å². The zero-order valence-corrected chi connectivity index (χ0v) is 10.3. The van der Waals surface area contributed by atoms with Gasteiger partial charge in [0.05, 0.1) is 7.11 Å². The maximum atomic E-state index is 13.1. The Bertz CT molecular complexity index is 413. The number of rotatable bonds is 2. The largest absolute Gasteiger partial charge is 0.468 e. The Hall–Kier alpha value is -1.07. The number of esters is 1. The van der Waals surface area contributed by atoms with Crippen LogP contribution in [0.4, 0.5) is 4.39 Å². The Morgan fingerprint density at radius 1 is 1.53 bits per heavy atom. The van der Waals surface area contributed by atoms with E-state index in [1.54, 1.807) is 17.8 Å². The first-order valence-electron chi connectivity index (χ1n) is 5.38. The molecule has 0 radical (unpaired) electrons. The highest BCUT2D eigenvalue weighted by Gasteiger charge is 2.28. The second kappa shape index (κ2) is 5.51. The molecule has 0 aliphatic carbocycles. The molecular formula is C12H14FNO2S. The van der Waals surface area contributed by atoms with Crippen LogP contribution in [0.2, 0.25) is 0 Å². The van der Waals surface area contributed by atoms with Crippen LogP contribution < -0.4 is 5.32 Å². The first kappa shape index (κ1) is 12.4. The Morgan fingerprint density at radius 3 is 3.06 bits per heavy atom. The van der Waals surface area contributed by atoms with Crippen molar-refractivity contribution in [3.05, 3.63) is 35.6 Å². The molecule has 1 aliphatic heterocycles. The van der Waals surface area contributed by atoms with Gasteiger partial charge in [0, 0.05) is 17.5 Å². The van der Waals surface area contributed by atoms with Gasteiger partial charge in [0.15, 0.2) is 0 Å². The molecule has 1 saturated heterocycles. The van der Waals surface area contributed by atoms with E-state index in [9.17, 15) is 9.18 Å². The Morgan fingerprint density at radius 2 is 2.35 bits per heavy atom. The van der Waals surface area contributed by atoms with E-state index in [0.717, 1.165) is 11.3 Å². The summed E-state index contributed by atoms with van der Waals surface area (Å²) in [5.41, 5.74) is 0.867. The monoisotopic (exact) mass is 255 g/mol. The maximum absolute atomic E-state index is 13.1. The van der Waals surface area contributed by atoms with E-state index in [1.165, 1.54) is 19.2 Å². The van der Waals surface area contributed by atoms with Gasteiger partial charge in [0.25, 0.3) is 0 Å². The number of thioether (sulfide) groups is 1. The van der Waals surface area contributed by atoms with Crippen molar-refractivity contribution < 1.29 is 13.9 Å². The summed E-state index contributed by atoms with van der Waals surface area (Å²) in [6, 6.07) is 6.13. The van der Waals surface area contributed by atoms with Gasteiger partial charge in [-0.1, -0.05) is 12.1 Å². The third-order valence-electron chi connectivity index (χ3n) is 2.71. The zero-order valence-electron chi connectivity index (χ0n) is 9.48. The topological polar surface area (TPSA) is 38.3 Å². The summed E-state index contributed by atoms with van der Waals surface area (Å²) in [7, 11) is 1.38. The van der Waals surface area contributed by atoms with Gasteiger partial charge in [0.1, 0.15) is 11.9 Å². The number of methoxy groups -OCH3 is 1. The van der Waals surface area contributed by atoms with Crippen molar-refractivity contribution >= 4 is 17.7 Å². The predicted octanol–water partition coefficient (Wildman–Crippen LogP) is 1.74. The van der Waals surface area contributed by atoms with Crippen LogP contribution in [-0.4, -0.2) is 30.6 Å². The van der Waals surface area contributed by atoms with Crippen molar-refractivity contribution in [3.8, 4) is 0 Å². The molecule has 1 aliphatic rings. The minimum atomic E-state index is -0.313. The van der Waals surface area contributed by atoms with Gasteiger partial charge in [-0.05, 0) is 17.7 Å². The summed E-state index contributed by atoms with van der Waals surface area (Å²) in [5.74, 6) is 1.00. The third-order valence-corrected chi connectivity index (χ3v) is 3.85. The summed E-state index contributed by atoms with van der Waals surface area (Å²) in [6.45, 7) is 0.